The highest BCUT2D eigenvalue weighted by Crippen LogP contribution is 2.14. The van der Waals surface area contributed by atoms with Gasteiger partial charge in [0.25, 0.3) is 5.91 Å². The Balaban J connectivity index is 1.64. The fourth-order valence-corrected chi connectivity index (χ4v) is 8.05. The van der Waals surface area contributed by atoms with Gasteiger partial charge in [-0.05, 0) is 93.2 Å². The number of rotatable bonds is 35. The van der Waals surface area contributed by atoms with Gasteiger partial charge in [-0.3, -0.25) is 33.6 Å². The van der Waals surface area contributed by atoms with Crippen LogP contribution in [0.5, 0.6) is 0 Å². The summed E-state index contributed by atoms with van der Waals surface area (Å²) in [6, 6.07) is 12.2. The number of unbranched alkanes of at least 4 members (excludes halogenated alkanes) is 5. The second-order valence-electron chi connectivity index (χ2n) is 19.4. The van der Waals surface area contributed by atoms with E-state index in [0.29, 0.717) is 120 Å². The number of benzene rings is 2. The molecule has 0 fully saturated rings. The molecule has 4 atom stereocenters. The maximum Gasteiger partial charge on any atom is 0.251 e. The molecule has 2 aromatic carbocycles. The number of hydrogen-bond acceptors (Lipinski definition) is 10. The Morgan fingerprint density at radius 3 is 1.66 bits per heavy atom. The first-order valence-electron chi connectivity index (χ1n) is 25.0. The molecule has 392 valence electrons. The van der Waals surface area contributed by atoms with Gasteiger partial charge in [0.05, 0.1) is 0 Å². The van der Waals surface area contributed by atoms with Crippen LogP contribution in [-0.4, -0.2) is 99.7 Å². The summed E-state index contributed by atoms with van der Waals surface area (Å²) in [7, 11) is -3.41. The third-order valence-electron chi connectivity index (χ3n) is 11.2. The monoisotopic (exact) mass is 1010 g/mol. The summed E-state index contributed by atoms with van der Waals surface area (Å²) in [5, 5.41) is 21.9. The van der Waals surface area contributed by atoms with Gasteiger partial charge in [-0.1, -0.05) is 114 Å². The highest BCUT2D eigenvalue weighted by Gasteiger charge is 2.29. The maximum atomic E-state index is 13.6. The van der Waals surface area contributed by atoms with Crippen LogP contribution in [0.25, 0.3) is 10.4 Å². The minimum atomic E-state index is -3.41. The molecular formula is C52H79N9O9S. The van der Waals surface area contributed by atoms with Crippen LogP contribution in [-0.2, 0) is 33.8 Å². The number of carbonyl (C=O) groups is 7. The van der Waals surface area contributed by atoms with E-state index in [4.69, 9.17) is 5.53 Å². The lowest BCUT2D eigenvalue weighted by Gasteiger charge is -2.27. The van der Waals surface area contributed by atoms with Crippen molar-refractivity contribution in [2.24, 2.45) is 22.9 Å². The van der Waals surface area contributed by atoms with Crippen molar-refractivity contribution in [1.82, 2.24) is 31.9 Å². The molecule has 0 aliphatic carbocycles. The highest BCUT2D eigenvalue weighted by atomic mass is 32.2. The first-order valence-corrected chi connectivity index (χ1v) is 27.0. The van der Waals surface area contributed by atoms with Gasteiger partial charge in [0.1, 0.15) is 18.1 Å². The van der Waals surface area contributed by atoms with Gasteiger partial charge in [0.2, 0.25) is 29.5 Å². The number of ketones is 1. The second-order valence-corrected chi connectivity index (χ2v) is 21.3. The summed E-state index contributed by atoms with van der Waals surface area (Å²) in [5.74, 6) is -1.76. The predicted octanol–water partition coefficient (Wildman–Crippen LogP) is 7.00. The fraction of sp³-hybridized carbons (Fsp3) is 0.596. The molecule has 2 rings (SSSR count). The van der Waals surface area contributed by atoms with Gasteiger partial charge in [-0.15, -0.1) is 0 Å². The van der Waals surface area contributed by atoms with Crippen molar-refractivity contribution in [3.05, 3.63) is 93.2 Å². The Morgan fingerprint density at radius 1 is 0.577 bits per heavy atom. The van der Waals surface area contributed by atoms with Gasteiger partial charge in [0.15, 0.2) is 15.6 Å². The Labute approximate surface area is 421 Å². The van der Waals surface area contributed by atoms with E-state index in [9.17, 15) is 42.0 Å². The van der Waals surface area contributed by atoms with Crippen molar-refractivity contribution in [2.45, 2.75) is 156 Å². The van der Waals surface area contributed by atoms with Gasteiger partial charge in [-0.25, -0.2) is 8.42 Å². The quantitative estimate of drug-likeness (QED) is 0.0136. The summed E-state index contributed by atoms with van der Waals surface area (Å²) in [5.41, 5.74) is 10.5. The molecule has 0 bridgehead atoms. The van der Waals surface area contributed by atoms with Crippen molar-refractivity contribution in [3.8, 4) is 0 Å². The van der Waals surface area contributed by atoms with E-state index in [0.717, 1.165) is 11.7 Å². The van der Waals surface area contributed by atoms with Gasteiger partial charge in [-0.2, -0.15) is 0 Å². The van der Waals surface area contributed by atoms with Crippen molar-refractivity contribution in [2.75, 3.05) is 25.9 Å². The standard InChI is InChI=1S/C52H79N9O9S/c1-36(2)33-42(28-32-71(7,69)70)57-51(67)45(35-38(5)6)59-52(68)44(34-37(3)4)58-47(63)23-14-10-16-29-54-46(62)22-13-9-17-30-56-50(66)43(60-61-53)21-15-18-31-55-49(65)41-26-24-40(25-27-41)48(64)39-19-11-8-12-20-39/h8,11-12,19-20,24-28,32,36-38,42-45H,9-10,13-18,21-23,29-31,33-35H2,1-7H3,(H,54,62)(H,55,65)(H,56,66)(H,57,67)(H,58,63)(H,59,68)/b32-28-/t42-,43+,44+,45+/m1/s1. The smallest absolute Gasteiger partial charge is 0.251 e. The summed E-state index contributed by atoms with van der Waals surface area (Å²) in [4.78, 5) is 93.2. The molecule has 6 N–H and O–H groups in total. The van der Waals surface area contributed by atoms with Crippen LogP contribution in [0, 0.1) is 17.8 Å². The Bertz CT molecular complexity index is 2190. The Kier molecular flexibility index (Phi) is 28.8. The number of nitrogens with one attached hydrogen (secondary N) is 6. The van der Waals surface area contributed by atoms with E-state index in [-0.39, 0.29) is 53.6 Å². The van der Waals surface area contributed by atoms with E-state index >= 15 is 0 Å². The van der Waals surface area contributed by atoms with E-state index in [1.807, 2.05) is 47.6 Å². The first-order chi connectivity index (χ1) is 33.7. The molecule has 0 radical (unpaired) electrons. The average Bonchev–Trinajstić information content (AvgIpc) is 3.31. The minimum Gasteiger partial charge on any atom is -0.356 e. The molecule has 0 spiro atoms. The van der Waals surface area contributed by atoms with Crippen LogP contribution in [0.1, 0.15) is 158 Å². The highest BCUT2D eigenvalue weighted by molar-refractivity contribution is 7.93. The van der Waals surface area contributed by atoms with E-state index in [2.05, 4.69) is 41.9 Å². The van der Waals surface area contributed by atoms with Crippen LogP contribution < -0.4 is 31.9 Å². The lowest BCUT2D eigenvalue weighted by atomic mass is 9.99. The third-order valence-corrected chi connectivity index (χ3v) is 11.9. The second kappa shape index (κ2) is 33.5. The molecule has 0 aliphatic rings. The van der Waals surface area contributed by atoms with Crippen molar-refractivity contribution in [3.63, 3.8) is 0 Å². The van der Waals surface area contributed by atoms with E-state index < -0.39 is 45.8 Å². The van der Waals surface area contributed by atoms with Gasteiger partial charge >= 0.3 is 0 Å². The fourth-order valence-electron chi connectivity index (χ4n) is 7.58. The van der Waals surface area contributed by atoms with E-state index in [1.54, 1.807) is 48.5 Å². The third kappa shape index (κ3) is 27.2. The lowest BCUT2D eigenvalue weighted by Crippen LogP contribution is -2.55. The number of amides is 6. The largest absolute Gasteiger partial charge is 0.356 e. The molecule has 0 aromatic heterocycles. The lowest BCUT2D eigenvalue weighted by molar-refractivity contribution is -0.132. The molecule has 0 unspecified atom stereocenters. The number of sulfone groups is 1. The van der Waals surface area contributed by atoms with Crippen LogP contribution >= 0.6 is 0 Å². The van der Waals surface area contributed by atoms with Crippen molar-refractivity contribution in [1.29, 1.82) is 0 Å². The molecule has 71 heavy (non-hydrogen) atoms. The summed E-state index contributed by atoms with van der Waals surface area (Å²) in [6.07, 6.45) is 9.53. The number of carbonyl (C=O) groups excluding carboxylic acids is 7. The normalized spacial score (nSPS) is 13.2. The molecule has 0 saturated carbocycles. The summed E-state index contributed by atoms with van der Waals surface area (Å²) >= 11 is 0. The zero-order valence-electron chi connectivity index (χ0n) is 42.8. The first kappa shape index (κ1) is 61.1. The molecule has 18 nitrogen and oxygen atoms in total. The van der Waals surface area contributed by atoms with Gasteiger partial charge < -0.3 is 31.9 Å². The van der Waals surface area contributed by atoms with Crippen LogP contribution in [0.3, 0.4) is 0 Å². The van der Waals surface area contributed by atoms with E-state index in [1.165, 1.54) is 6.08 Å². The molecule has 0 saturated heterocycles. The molecule has 0 aliphatic heterocycles. The zero-order chi connectivity index (χ0) is 52.8. The van der Waals surface area contributed by atoms with Crippen LogP contribution in [0.4, 0.5) is 0 Å². The van der Waals surface area contributed by atoms with Crippen LogP contribution in [0.2, 0.25) is 0 Å². The summed E-state index contributed by atoms with van der Waals surface area (Å²) in [6.45, 7) is 12.8. The number of hydrogen-bond donors (Lipinski definition) is 6. The van der Waals surface area contributed by atoms with Crippen molar-refractivity contribution >= 4 is 51.1 Å². The molecule has 2 aromatic rings. The maximum absolute atomic E-state index is 13.6. The molecule has 6 amide bonds. The average molecular weight is 1010 g/mol. The predicted molar refractivity (Wildman–Crippen MR) is 277 cm³/mol. The Hall–Kier alpha value is -6.07. The molecule has 0 heterocycles. The SMILES string of the molecule is CC(C)C[C@@H](/C=C\S(C)(=O)=O)NC(=O)[C@H](CC(C)C)NC(=O)[C@H](CC(C)C)NC(=O)CCCCCNC(=O)CCCCCNC(=O)[C@H](CCCCNC(=O)c1ccc(C(=O)c2ccccc2)cc1)N=[N+]=[N-]. The molecular weight excluding hydrogens is 927 g/mol. The van der Waals surface area contributed by atoms with Crippen LogP contribution in [0.15, 0.2) is 71.2 Å². The van der Waals surface area contributed by atoms with Gasteiger partial charge in [0, 0.05) is 71.8 Å². The minimum absolute atomic E-state index is 0.0568. The number of azide groups is 1. The molecule has 19 heteroatoms. The number of nitrogens with zero attached hydrogens (tertiary/aromatic N) is 3. The summed E-state index contributed by atoms with van der Waals surface area (Å²) < 4.78 is 23.5. The zero-order valence-corrected chi connectivity index (χ0v) is 43.7. The van der Waals surface area contributed by atoms with Crippen molar-refractivity contribution < 1.29 is 42.0 Å². The topological polar surface area (TPSA) is 275 Å². The Morgan fingerprint density at radius 2 is 1.08 bits per heavy atom.